The summed E-state index contributed by atoms with van der Waals surface area (Å²) in [6.07, 6.45) is 10.7. The molecule has 12 heteroatoms. The van der Waals surface area contributed by atoms with Crippen molar-refractivity contribution < 1.29 is 52.5 Å². The summed E-state index contributed by atoms with van der Waals surface area (Å²) in [6, 6.07) is 26.6. The van der Waals surface area contributed by atoms with Gasteiger partial charge in [-0.2, -0.15) is 0 Å². The molecule has 1 heterocycles. The van der Waals surface area contributed by atoms with E-state index in [-0.39, 0.29) is 6.61 Å². The Bertz CT molecular complexity index is 1780. The summed E-state index contributed by atoms with van der Waals surface area (Å²) >= 11 is 0. The van der Waals surface area contributed by atoms with Crippen molar-refractivity contribution in [2.75, 3.05) is 93.5 Å². The Labute approximate surface area is 375 Å². The zero-order valence-electron chi connectivity index (χ0n) is 37.7. The maximum absolute atomic E-state index is 8.99. The number of hydrogen-bond acceptors (Lipinski definition) is 12. The molecule has 4 aromatic carbocycles. The molecule has 0 aromatic heterocycles. The van der Waals surface area contributed by atoms with Gasteiger partial charge in [0, 0.05) is 32.9 Å². The van der Waals surface area contributed by atoms with Crippen LogP contribution in [-0.4, -0.2) is 98.6 Å². The summed E-state index contributed by atoms with van der Waals surface area (Å²) in [5, 5.41) is 12.5. The molecule has 0 unspecified atom stereocenters. The number of methoxy groups -OCH3 is 2. The molecule has 0 saturated carbocycles. The van der Waals surface area contributed by atoms with Gasteiger partial charge in [0.25, 0.3) is 0 Å². The highest BCUT2D eigenvalue weighted by atomic mass is 16.6. The fourth-order valence-corrected chi connectivity index (χ4v) is 7.05. The van der Waals surface area contributed by atoms with Crippen LogP contribution in [0.1, 0.15) is 80.9 Å². The number of unbranched alkanes of at least 4 members (excludes halogenated alkanes) is 3. The van der Waals surface area contributed by atoms with E-state index in [1.807, 2.05) is 42.5 Å². The third-order valence-corrected chi connectivity index (χ3v) is 10.6. The maximum Gasteiger partial charge on any atom is 0.203 e. The highest BCUT2D eigenvalue weighted by Crippen LogP contribution is 2.39. The van der Waals surface area contributed by atoms with Crippen LogP contribution in [0.2, 0.25) is 0 Å². The molecule has 0 radical (unpaired) electrons. The average Bonchev–Trinajstić information content (AvgIpc) is 3.31. The molecule has 4 aromatic rings. The van der Waals surface area contributed by atoms with E-state index in [0.29, 0.717) is 108 Å². The number of fused-ring (bicyclic) bond motifs is 1. The van der Waals surface area contributed by atoms with Crippen LogP contribution in [0.25, 0.3) is 11.1 Å². The summed E-state index contributed by atoms with van der Waals surface area (Å²) < 4.78 is 58.8. The molecule has 346 valence electrons. The smallest absolute Gasteiger partial charge is 0.203 e. The monoisotopic (exact) mass is 874 g/mol. The number of nitrogens with one attached hydrogen (secondary N) is 1. The Morgan fingerprint density at radius 3 is 1.63 bits per heavy atom. The van der Waals surface area contributed by atoms with Gasteiger partial charge in [0.05, 0.1) is 60.5 Å². The number of aliphatic hydroxyl groups is 1. The van der Waals surface area contributed by atoms with Crippen LogP contribution in [0.15, 0.2) is 78.9 Å². The van der Waals surface area contributed by atoms with Gasteiger partial charge < -0.3 is 57.8 Å². The molecule has 0 bridgehead atoms. The van der Waals surface area contributed by atoms with E-state index in [1.54, 1.807) is 14.2 Å². The molecule has 0 spiro atoms. The Kier molecular flexibility index (Phi) is 24.0. The van der Waals surface area contributed by atoms with Gasteiger partial charge in [0.2, 0.25) is 5.75 Å². The number of aliphatic hydroxyl groups excluding tert-OH is 1. The molecule has 0 atom stereocenters. The second-order valence-electron chi connectivity index (χ2n) is 15.5. The van der Waals surface area contributed by atoms with Gasteiger partial charge in [-0.15, -0.1) is 0 Å². The minimum Gasteiger partial charge on any atom is -0.493 e. The topological polar surface area (TPSA) is 125 Å². The van der Waals surface area contributed by atoms with Crippen LogP contribution >= 0.6 is 0 Å². The predicted molar refractivity (Wildman–Crippen MR) is 246 cm³/mol. The molecule has 1 aliphatic heterocycles. The lowest BCUT2D eigenvalue weighted by Gasteiger charge is -2.16. The van der Waals surface area contributed by atoms with Crippen molar-refractivity contribution in [1.29, 1.82) is 0 Å². The van der Waals surface area contributed by atoms with Crippen molar-refractivity contribution >= 4 is 0 Å². The number of hydrogen-bond donors (Lipinski definition) is 2. The fraction of sp³-hybridized carbons (Fsp3) is 0.529. The molecular formula is C51H71NO11. The molecule has 0 fully saturated rings. The van der Waals surface area contributed by atoms with Gasteiger partial charge >= 0.3 is 0 Å². The van der Waals surface area contributed by atoms with E-state index in [9.17, 15) is 0 Å². The average molecular weight is 874 g/mol. The molecule has 63 heavy (non-hydrogen) atoms. The van der Waals surface area contributed by atoms with E-state index in [2.05, 4.69) is 41.7 Å². The van der Waals surface area contributed by atoms with E-state index in [1.165, 1.54) is 31.2 Å². The lowest BCUT2D eigenvalue weighted by atomic mass is 10.0. The molecule has 5 rings (SSSR count). The highest BCUT2D eigenvalue weighted by Gasteiger charge is 2.15. The molecular weight excluding hydrogens is 803 g/mol. The largest absolute Gasteiger partial charge is 0.493 e. The Balaban J connectivity index is 1.07. The van der Waals surface area contributed by atoms with Crippen LogP contribution in [-0.2, 0) is 38.6 Å². The van der Waals surface area contributed by atoms with Gasteiger partial charge in [-0.05, 0) is 96.3 Å². The van der Waals surface area contributed by atoms with Crippen molar-refractivity contribution in [2.45, 2.75) is 83.9 Å². The van der Waals surface area contributed by atoms with E-state index >= 15 is 0 Å². The lowest BCUT2D eigenvalue weighted by Crippen LogP contribution is -2.13. The number of rotatable bonds is 17. The van der Waals surface area contributed by atoms with Crippen molar-refractivity contribution in [2.24, 2.45) is 0 Å². The molecule has 0 aliphatic carbocycles. The van der Waals surface area contributed by atoms with Crippen molar-refractivity contribution in [3.05, 3.63) is 95.6 Å². The zero-order chi connectivity index (χ0) is 44.0. The first-order valence-corrected chi connectivity index (χ1v) is 22.9. The SMILES string of the molecule is COc1cc(CNCc2ccc(-c3ccc(OCc4ccc5c(c4)OCCOCCOCCCCCCCCOCCOCCO5)cc3)cc2)cc(OC)c1OCCCCCCO. The normalized spacial score (nSPS) is 15.5. The highest BCUT2D eigenvalue weighted by molar-refractivity contribution is 5.64. The van der Waals surface area contributed by atoms with Crippen LogP contribution in [0.3, 0.4) is 0 Å². The first-order chi connectivity index (χ1) is 31.2. The number of ether oxygens (including phenoxy) is 10. The fourth-order valence-electron chi connectivity index (χ4n) is 7.05. The van der Waals surface area contributed by atoms with Crippen molar-refractivity contribution in [3.8, 4) is 45.6 Å². The summed E-state index contributed by atoms with van der Waals surface area (Å²) in [4.78, 5) is 0. The third-order valence-electron chi connectivity index (χ3n) is 10.6. The van der Waals surface area contributed by atoms with Crippen molar-refractivity contribution in [1.82, 2.24) is 5.32 Å². The summed E-state index contributed by atoms with van der Waals surface area (Å²) in [5.74, 6) is 3.98. The van der Waals surface area contributed by atoms with Crippen LogP contribution < -0.4 is 33.7 Å². The Morgan fingerprint density at radius 1 is 0.492 bits per heavy atom. The molecule has 1 aliphatic rings. The second kappa shape index (κ2) is 30.5. The minimum atomic E-state index is 0.229. The van der Waals surface area contributed by atoms with Crippen LogP contribution in [0, 0.1) is 0 Å². The van der Waals surface area contributed by atoms with E-state index in [4.69, 9.17) is 52.5 Å². The summed E-state index contributed by atoms with van der Waals surface area (Å²) in [7, 11) is 3.29. The van der Waals surface area contributed by atoms with E-state index < -0.39 is 0 Å². The Morgan fingerprint density at radius 2 is 1.02 bits per heavy atom. The van der Waals surface area contributed by atoms with Gasteiger partial charge in [0.1, 0.15) is 25.6 Å². The van der Waals surface area contributed by atoms with Crippen LogP contribution in [0.5, 0.6) is 34.5 Å². The summed E-state index contributed by atoms with van der Waals surface area (Å²) in [6.45, 7) is 8.01. The van der Waals surface area contributed by atoms with Gasteiger partial charge in [-0.25, -0.2) is 0 Å². The quantitative estimate of drug-likeness (QED) is 0.0983. The maximum atomic E-state index is 8.99. The van der Waals surface area contributed by atoms with Gasteiger partial charge in [-0.1, -0.05) is 74.6 Å². The Hall–Kier alpha value is -4.56. The molecule has 0 amide bonds. The van der Waals surface area contributed by atoms with Gasteiger partial charge in [0.15, 0.2) is 23.0 Å². The predicted octanol–water partition coefficient (Wildman–Crippen LogP) is 9.35. The van der Waals surface area contributed by atoms with Crippen molar-refractivity contribution in [3.63, 3.8) is 0 Å². The number of benzene rings is 4. The molecule has 2 N–H and O–H groups in total. The standard InChI is InChI=1S/C51H71NO11/c1-54-49-36-43(37-50(55-2)51(49)62-26-12-8-5-9-23-53)39-52-38-41-13-16-44(17-14-41)45-18-20-46(21-19-45)63-40-42-15-22-47-48(35-42)61-34-32-59-30-28-57-25-11-7-4-3-6-10-24-56-27-29-58-31-33-60-47/h13-22,35-37,52-53H,3-12,23-34,38-40H2,1-2H3. The first-order valence-electron chi connectivity index (χ1n) is 22.9. The molecule has 0 saturated heterocycles. The zero-order valence-corrected chi connectivity index (χ0v) is 37.7. The van der Waals surface area contributed by atoms with Crippen LogP contribution in [0.4, 0.5) is 0 Å². The second-order valence-corrected chi connectivity index (χ2v) is 15.5. The van der Waals surface area contributed by atoms with Gasteiger partial charge in [-0.3, -0.25) is 0 Å². The lowest BCUT2D eigenvalue weighted by molar-refractivity contribution is 0.0314. The minimum absolute atomic E-state index is 0.229. The van der Waals surface area contributed by atoms with E-state index in [0.717, 1.165) is 79.7 Å². The first kappa shape index (κ1) is 49.5. The third kappa shape index (κ3) is 19.0. The summed E-state index contributed by atoms with van der Waals surface area (Å²) in [5.41, 5.74) is 5.41. The molecule has 12 nitrogen and oxygen atoms in total.